The van der Waals surface area contributed by atoms with Gasteiger partial charge in [-0.25, -0.2) is 0 Å². The van der Waals surface area contributed by atoms with Gasteiger partial charge in [0.2, 0.25) is 11.8 Å². The highest BCUT2D eigenvalue weighted by Gasteiger charge is 2.68. The van der Waals surface area contributed by atoms with Gasteiger partial charge in [0.25, 0.3) is 0 Å². The summed E-state index contributed by atoms with van der Waals surface area (Å²) in [5.74, 6) is -3.90. The lowest BCUT2D eigenvalue weighted by Gasteiger charge is -2.31. The van der Waals surface area contributed by atoms with Gasteiger partial charge < -0.3 is 15.4 Å². The van der Waals surface area contributed by atoms with E-state index >= 15 is 0 Å². The van der Waals surface area contributed by atoms with Crippen LogP contribution in [-0.2, 0) is 20.8 Å². The molecule has 2 aliphatic heterocycles. The van der Waals surface area contributed by atoms with Gasteiger partial charge in [-0.05, 0) is 40.5 Å². The van der Waals surface area contributed by atoms with E-state index in [0.29, 0.717) is 6.54 Å². The smallest absolute Gasteiger partial charge is 0.325 e. The van der Waals surface area contributed by atoms with Gasteiger partial charge in [0.15, 0.2) is 0 Å². The maximum atomic E-state index is 14.2. The Kier molecular flexibility index (Phi) is 7.72. The summed E-state index contributed by atoms with van der Waals surface area (Å²) in [6.07, 6.45) is 5.87. The molecule has 0 radical (unpaired) electrons. The van der Waals surface area contributed by atoms with Crippen molar-refractivity contribution >= 4 is 46.5 Å². The minimum Gasteiger partial charge on any atom is -0.480 e. The van der Waals surface area contributed by atoms with Crippen molar-refractivity contribution in [3.63, 3.8) is 0 Å². The van der Waals surface area contributed by atoms with Crippen molar-refractivity contribution in [3.8, 4) is 0 Å². The number of imide groups is 1. The molecule has 0 spiro atoms. The number of carbonyl (C=O) groups is 3. The van der Waals surface area contributed by atoms with E-state index < -0.39 is 35.3 Å². The number of anilines is 1. The van der Waals surface area contributed by atoms with Gasteiger partial charge in [0, 0.05) is 48.3 Å². The van der Waals surface area contributed by atoms with Crippen molar-refractivity contribution in [2.45, 2.75) is 18.0 Å². The third-order valence-electron chi connectivity index (χ3n) is 9.27. The molecule has 2 saturated heterocycles. The maximum Gasteiger partial charge on any atom is 0.325 e. The number of benzene rings is 4. The number of amides is 2. The topological polar surface area (TPSA) is 115 Å². The van der Waals surface area contributed by atoms with Gasteiger partial charge in [0.05, 0.1) is 11.8 Å². The van der Waals surface area contributed by atoms with Crippen molar-refractivity contribution in [1.82, 2.24) is 15.2 Å². The summed E-state index contributed by atoms with van der Waals surface area (Å²) >= 11 is 0. The zero-order valence-electron chi connectivity index (χ0n) is 25.1. The highest BCUT2D eigenvalue weighted by Crippen LogP contribution is 2.50. The van der Waals surface area contributed by atoms with Gasteiger partial charge >= 0.3 is 5.97 Å². The summed E-state index contributed by atoms with van der Waals surface area (Å²) < 4.78 is 0. The van der Waals surface area contributed by atoms with Crippen LogP contribution >= 0.6 is 0 Å². The highest BCUT2D eigenvalue weighted by molar-refractivity contribution is 6.09. The standard InChI is InChI=1S/C38H34N4O4/c43-35-32-33(36(44)42(35)22-21-39-29-11-5-2-6-12-29)38(37(45)46,23-28-24-40-31-14-8-7-13-30(28)31)41-34(32)27-19-17-26(18-20-27)16-15-25-9-3-1-4-10-25/h1-20,24,32-34,39-41H,21-23H2,(H,45,46). The first-order valence-corrected chi connectivity index (χ1v) is 15.5. The average Bonchev–Trinajstić information content (AvgIpc) is 3.73. The number of para-hydroxylation sites is 2. The molecular formula is C38H34N4O4. The van der Waals surface area contributed by atoms with Crippen LogP contribution in [0.5, 0.6) is 0 Å². The predicted octanol–water partition coefficient (Wildman–Crippen LogP) is 5.76. The lowest BCUT2D eigenvalue weighted by atomic mass is 9.76. The molecule has 2 amide bonds. The molecule has 1 aromatic heterocycles. The summed E-state index contributed by atoms with van der Waals surface area (Å²) in [6.45, 7) is 0.488. The van der Waals surface area contributed by atoms with E-state index in [2.05, 4.69) is 15.6 Å². The van der Waals surface area contributed by atoms with E-state index in [0.717, 1.165) is 38.8 Å². The number of aliphatic carboxylic acids is 1. The van der Waals surface area contributed by atoms with Gasteiger partial charge in [0.1, 0.15) is 5.54 Å². The van der Waals surface area contributed by atoms with E-state index in [1.165, 1.54) is 4.90 Å². The third-order valence-corrected chi connectivity index (χ3v) is 9.27. The molecule has 46 heavy (non-hydrogen) atoms. The number of H-pyrrole nitrogens is 1. The summed E-state index contributed by atoms with van der Waals surface area (Å²) in [4.78, 5) is 46.1. The molecule has 0 bridgehead atoms. The van der Waals surface area contributed by atoms with Crippen molar-refractivity contribution < 1.29 is 19.5 Å². The van der Waals surface area contributed by atoms with Crippen LogP contribution in [-0.4, -0.2) is 51.4 Å². The molecule has 0 aliphatic carbocycles. The Morgan fingerprint density at radius 3 is 2.20 bits per heavy atom. The molecule has 3 heterocycles. The highest BCUT2D eigenvalue weighted by atomic mass is 16.4. The summed E-state index contributed by atoms with van der Waals surface area (Å²) in [7, 11) is 0. The summed E-state index contributed by atoms with van der Waals surface area (Å²) in [6, 6.07) is 34.3. The number of aromatic nitrogens is 1. The maximum absolute atomic E-state index is 14.2. The summed E-state index contributed by atoms with van der Waals surface area (Å²) in [5.41, 5.74) is 3.64. The fourth-order valence-corrected chi connectivity index (χ4v) is 7.02. The third kappa shape index (κ3) is 5.26. The van der Waals surface area contributed by atoms with Crippen LogP contribution in [0, 0.1) is 11.8 Å². The van der Waals surface area contributed by atoms with Gasteiger partial charge in [-0.15, -0.1) is 0 Å². The van der Waals surface area contributed by atoms with E-state index in [9.17, 15) is 19.5 Å². The van der Waals surface area contributed by atoms with Crippen LogP contribution in [0.25, 0.3) is 23.1 Å². The molecule has 0 saturated carbocycles. The molecule has 8 nitrogen and oxygen atoms in total. The molecule has 2 fully saturated rings. The molecule has 7 rings (SSSR count). The van der Waals surface area contributed by atoms with E-state index in [4.69, 9.17) is 0 Å². The molecule has 4 unspecified atom stereocenters. The number of carboxylic acid groups (broad SMARTS) is 1. The number of hydrogen-bond acceptors (Lipinski definition) is 5. The Bertz CT molecular complexity index is 1920. The van der Waals surface area contributed by atoms with Gasteiger partial charge in [-0.2, -0.15) is 0 Å². The number of hydrogen-bond donors (Lipinski definition) is 4. The number of carboxylic acids is 1. The molecule has 5 aromatic rings. The Morgan fingerprint density at radius 1 is 0.826 bits per heavy atom. The quantitative estimate of drug-likeness (QED) is 0.118. The fourth-order valence-electron chi connectivity index (χ4n) is 7.02. The minimum absolute atomic E-state index is 0.0387. The van der Waals surface area contributed by atoms with Crippen LogP contribution < -0.4 is 10.6 Å². The Morgan fingerprint density at radius 2 is 1.48 bits per heavy atom. The Balaban J connectivity index is 1.22. The second-order valence-electron chi connectivity index (χ2n) is 12.0. The predicted molar refractivity (Wildman–Crippen MR) is 179 cm³/mol. The van der Waals surface area contributed by atoms with Crippen LogP contribution in [0.2, 0.25) is 0 Å². The summed E-state index contributed by atoms with van der Waals surface area (Å²) in [5, 5.41) is 18.4. The molecule has 4 aromatic carbocycles. The first kappa shape index (κ1) is 29.3. The van der Waals surface area contributed by atoms with Crippen molar-refractivity contribution in [1.29, 1.82) is 0 Å². The lowest BCUT2D eigenvalue weighted by Crippen LogP contribution is -2.57. The fraction of sp³-hybridized carbons (Fsp3) is 0.184. The molecular weight excluding hydrogens is 576 g/mol. The number of likely N-dealkylation sites (tertiary alicyclic amines) is 1. The number of aromatic amines is 1. The second-order valence-corrected chi connectivity index (χ2v) is 12.0. The molecule has 4 atom stereocenters. The largest absolute Gasteiger partial charge is 0.480 e. The number of rotatable bonds is 10. The van der Waals surface area contributed by atoms with Crippen molar-refractivity contribution in [2.75, 3.05) is 18.4 Å². The first-order chi connectivity index (χ1) is 22.4. The Hall–Kier alpha value is -5.47. The van der Waals surface area contributed by atoms with E-state index in [-0.39, 0.29) is 18.9 Å². The molecule has 8 heteroatoms. The monoisotopic (exact) mass is 610 g/mol. The van der Waals surface area contributed by atoms with Crippen molar-refractivity contribution in [3.05, 3.63) is 138 Å². The van der Waals surface area contributed by atoms with Crippen LogP contribution in [0.15, 0.2) is 115 Å². The van der Waals surface area contributed by atoms with E-state index in [1.807, 2.05) is 121 Å². The Labute approximate surface area is 266 Å². The van der Waals surface area contributed by atoms with Gasteiger partial charge in [-0.3, -0.25) is 24.6 Å². The van der Waals surface area contributed by atoms with Gasteiger partial charge in [-0.1, -0.05) is 103 Å². The number of fused-ring (bicyclic) bond motifs is 2. The zero-order chi connectivity index (χ0) is 31.7. The van der Waals surface area contributed by atoms with Crippen LogP contribution in [0.1, 0.15) is 28.3 Å². The molecule has 2 aliphatic rings. The zero-order valence-corrected chi connectivity index (χ0v) is 25.1. The number of nitrogens with one attached hydrogen (secondary N) is 3. The van der Waals surface area contributed by atoms with Crippen LogP contribution in [0.4, 0.5) is 5.69 Å². The molecule has 230 valence electrons. The first-order valence-electron chi connectivity index (χ1n) is 15.5. The minimum atomic E-state index is -1.69. The normalized spacial score (nSPS) is 22.5. The second kappa shape index (κ2) is 12.1. The molecule has 4 N–H and O–H groups in total. The SMILES string of the molecule is O=C1C2C(c3ccc(C=Cc4ccccc4)cc3)NC(Cc3c[nH]c4ccccc34)(C(=O)O)C2C(=O)N1CCNc1ccccc1. The average molecular weight is 611 g/mol. The van der Waals surface area contributed by atoms with E-state index in [1.54, 1.807) is 6.20 Å². The van der Waals surface area contributed by atoms with Crippen molar-refractivity contribution in [2.24, 2.45) is 11.8 Å². The van der Waals surface area contributed by atoms with Crippen LogP contribution in [0.3, 0.4) is 0 Å². The lowest BCUT2D eigenvalue weighted by molar-refractivity contribution is -0.151. The number of nitrogens with zero attached hydrogens (tertiary/aromatic N) is 1. The number of carbonyl (C=O) groups excluding carboxylic acids is 2.